The Hall–Kier alpha value is -2.53. The highest BCUT2D eigenvalue weighted by molar-refractivity contribution is 6.06. The lowest BCUT2D eigenvalue weighted by Gasteiger charge is -2.12. The van der Waals surface area contributed by atoms with Crippen LogP contribution < -0.4 is 14.8 Å². The first-order chi connectivity index (χ1) is 11.2. The van der Waals surface area contributed by atoms with Gasteiger partial charge in [-0.25, -0.2) is 0 Å². The third-order valence-electron chi connectivity index (χ3n) is 3.17. The van der Waals surface area contributed by atoms with Gasteiger partial charge in [0.1, 0.15) is 18.1 Å². The summed E-state index contributed by atoms with van der Waals surface area (Å²) in [7, 11) is 1.60. The van der Waals surface area contributed by atoms with Gasteiger partial charge >= 0.3 is 0 Å². The molecule has 0 unspecified atom stereocenters. The van der Waals surface area contributed by atoms with Crippen LogP contribution in [0.2, 0.25) is 0 Å². The van der Waals surface area contributed by atoms with Gasteiger partial charge in [-0.2, -0.15) is 0 Å². The van der Waals surface area contributed by atoms with Gasteiger partial charge in [0.2, 0.25) is 0 Å². The van der Waals surface area contributed by atoms with Crippen molar-refractivity contribution in [1.82, 2.24) is 0 Å². The quantitative estimate of drug-likeness (QED) is 0.759. The van der Waals surface area contributed by atoms with Crippen molar-refractivity contribution in [3.8, 4) is 11.5 Å². The Kier molecular flexibility index (Phi) is 6.44. The molecule has 0 saturated carbocycles. The van der Waals surface area contributed by atoms with E-state index in [2.05, 4.69) is 5.32 Å². The summed E-state index contributed by atoms with van der Waals surface area (Å²) in [6.45, 7) is 3.46. The van der Waals surface area contributed by atoms with E-state index < -0.39 is 0 Å². The fraction of sp³-hybridized carbons (Fsp3) is 0.278. The average molecular weight is 315 g/mol. The third kappa shape index (κ3) is 5.00. The first kappa shape index (κ1) is 16.8. The molecular formula is C18H21NO4. The normalized spacial score (nSPS) is 10.2. The van der Waals surface area contributed by atoms with Crippen LogP contribution in [0.15, 0.2) is 48.5 Å². The van der Waals surface area contributed by atoms with E-state index in [0.29, 0.717) is 36.8 Å². The number of anilines is 1. The summed E-state index contributed by atoms with van der Waals surface area (Å²) in [6.07, 6.45) is 0. The predicted molar refractivity (Wildman–Crippen MR) is 89.4 cm³/mol. The second kappa shape index (κ2) is 8.80. The third-order valence-corrected chi connectivity index (χ3v) is 3.17. The van der Waals surface area contributed by atoms with Crippen molar-refractivity contribution in [1.29, 1.82) is 0 Å². The topological polar surface area (TPSA) is 56.8 Å². The molecule has 122 valence electrons. The first-order valence-electron chi connectivity index (χ1n) is 7.49. The zero-order valence-corrected chi connectivity index (χ0v) is 13.4. The molecule has 2 aromatic rings. The number of hydrogen-bond donors (Lipinski definition) is 1. The molecule has 1 amide bonds. The molecule has 0 aliphatic heterocycles. The Morgan fingerprint density at radius 3 is 2.48 bits per heavy atom. The zero-order chi connectivity index (χ0) is 16.5. The molecule has 5 heteroatoms. The molecule has 0 fully saturated rings. The SMILES string of the molecule is CCOCCOc1ccccc1C(=O)Nc1ccc(OC)cc1. The van der Waals surface area contributed by atoms with Gasteiger partial charge in [-0.3, -0.25) is 4.79 Å². The molecule has 0 radical (unpaired) electrons. The summed E-state index contributed by atoms with van der Waals surface area (Å²) in [5.74, 6) is 1.06. The average Bonchev–Trinajstić information content (AvgIpc) is 2.59. The summed E-state index contributed by atoms with van der Waals surface area (Å²) in [5.41, 5.74) is 1.18. The predicted octanol–water partition coefficient (Wildman–Crippen LogP) is 3.36. The van der Waals surface area contributed by atoms with Crippen LogP contribution in [0.3, 0.4) is 0 Å². The molecule has 2 rings (SSSR count). The van der Waals surface area contributed by atoms with Crippen molar-refractivity contribution in [3.05, 3.63) is 54.1 Å². The van der Waals surface area contributed by atoms with Crippen LogP contribution in [0.4, 0.5) is 5.69 Å². The Balaban J connectivity index is 2.03. The molecular weight excluding hydrogens is 294 g/mol. The number of benzene rings is 2. The maximum Gasteiger partial charge on any atom is 0.259 e. The van der Waals surface area contributed by atoms with Gasteiger partial charge in [-0.15, -0.1) is 0 Å². The van der Waals surface area contributed by atoms with E-state index in [0.717, 1.165) is 5.75 Å². The van der Waals surface area contributed by atoms with Crippen molar-refractivity contribution >= 4 is 11.6 Å². The van der Waals surface area contributed by atoms with Crippen molar-refractivity contribution in [2.24, 2.45) is 0 Å². The minimum atomic E-state index is -0.220. The van der Waals surface area contributed by atoms with Gasteiger partial charge in [-0.1, -0.05) is 12.1 Å². The van der Waals surface area contributed by atoms with E-state index >= 15 is 0 Å². The maximum atomic E-state index is 12.4. The second-order valence-electron chi connectivity index (χ2n) is 4.72. The number of rotatable bonds is 8. The zero-order valence-electron chi connectivity index (χ0n) is 13.4. The largest absolute Gasteiger partial charge is 0.497 e. The Morgan fingerprint density at radius 1 is 1.04 bits per heavy atom. The fourth-order valence-electron chi connectivity index (χ4n) is 2.01. The van der Waals surface area contributed by atoms with Crippen LogP contribution in [-0.2, 0) is 4.74 Å². The van der Waals surface area contributed by atoms with Gasteiger partial charge < -0.3 is 19.5 Å². The van der Waals surface area contributed by atoms with E-state index in [9.17, 15) is 4.79 Å². The minimum Gasteiger partial charge on any atom is -0.497 e. The number of para-hydroxylation sites is 1. The molecule has 0 aliphatic carbocycles. The highest BCUT2D eigenvalue weighted by Gasteiger charge is 2.12. The lowest BCUT2D eigenvalue weighted by atomic mass is 10.2. The number of ether oxygens (including phenoxy) is 3. The number of carbonyl (C=O) groups excluding carboxylic acids is 1. The number of amides is 1. The van der Waals surface area contributed by atoms with E-state index in [1.54, 1.807) is 49.6 Å². The van der Waals surface area contributed by atoms with E-state index in [1.807, 2.05) is 13.0 Å². The van der Waals surface area contributed by atoms with Crippen LogP contribution in [0.25, 0.3) is 0 Å². The van der Waals surface area contributed by atoms with Crippen LogP contribution >= 0.6 is 0 Å². The van der Waals surface area contributed by atoms with E-state index in [-0.39, 0.29) is 5.91 Å². The van der Waals surface area contributed by atoms with Crippen LogP contribution in [0, 0.1) is 0 Å². The standard InChI is InChI=1S/C18H21NO4/c1-3-22-12-13-23-17-7-5-4-6-16(17)18(20)19-14-8-10-15(21-2)11-9-14/h4-11H,3,12-13H2,1-2H3,(H,19,20). The summed E-state index contributed by atoms with van der Waals surface area (Å²) in [4.78, 5) is 12.4. The fourth-order valence-corrected chi connectivity index (χ4v) is 2.01. The number of hydrogen-bond acceptors (Lipinski definition) is 4. The van der Waals surface area contributed by atoms with Crippen LogP contribution in [-0.4, -0.2) is 32.8 Å². The molecule has 0 aromatic heterocycles. The Morgan fingerprint density at radius 2 is 1.78 bits per heavy atom. The first-order valence-corrected chi connectivity index (χ1v) is 7.49. The molecule has 23 heavy (non-hydrogen) atoms. The lowest BCUT2D eigenvalue weighted by molar-refractivity contribution is 0.0998. The Labute approximate surface area is 136 Å². The van der Waals surface area contributed by atoms with Crippen molar-refractivity contribution < 1.29 is 19.0 Å². The monoisotopic (exact) mass is 315 g/mol. The minimum absolute atomic E-state index is 0.220. The van der Waals surface area contributed by atoms with E-state index in [1.165, 1.54) is 0 Å². The van der Waals surface area contributed by atoms with Gasteiger partial charge in [-0.05, 0) is 43.3 Å². The Bertz CT molecular complexity index is 625. The van der Waals surface area contributed by atoms with Crippen molar-refractivity contribution in [2.75, 3.05) is 32.2 Å². The number of carbonyl (C=O) groups is 1. The van der Waals surface area contributed by atoms with Crippen LogP contribution in [0.5, 0.6) is 11.5 Å². The number of nitrogens with one attached hydrogen (secondary N) is 1. The maximum absolute atomic E-state index is 12.4. The molecule has 1 N–H and O–H groups in total. The molecule has 0 atom stereocenters. The van der Waals surface area contributed by atoms with E-state index in [4.69, 9.17) is 14.2 Å². The van der Waals surface area contributed by atoms with Crippen molar-refractivity contribution in [3.63, 3.8) is 0 Å². The highest BCUT2D eigenvalue weighted by Crippen LogP contribution is 2.21. The summed E-state index contributed by atoms with van der Waals surface area (Å²) >= 11 is 0. The van der Waals surface area contributed by atoms with Gasteiger partial charge in [0.25, 0.3) is 5.91 Å². The molecule has 0 saturated heterocycles. The molecule has 0 aliphatic rings. The highest BCUT2D eigenvalue weighted by atomic mass is 16.5. The molecule has 0 bridgehead atoms. The summed E-state index contributed by atoms with van der Waals surface area (Å²) in [5, 5.41) is 2.85. The lowest BCUT2D eigenvalue weighted by Crippen LogP contribution is -2.15. The molecule has 5 nitrogen and oxygen atoms in total. The van der Waals surface area contributed by atoms with Crippen LogP contribution in [0.1, 0.15) is 17.3 Å². The van der Waals surface area contributed by atoms with Gasteiger partial charge in [0, 0.05) is 12.3 Å². The van der Waals surface area contributed by atoms with Gasteiger partial charge in [0.05, 0.1) is 19.3 Å². The van der Waals surface area contributed by atoms with Crippen molar-refractivity contribution in [2.45, 2.75) is 6.92 Å². The second-order valence-corrected chi connectivity index (χ2v) is 4.72. The van der Waals surface area contributed by atoms with Gasteiger partial charge in [0.15, 0.2) is 0 Å². The molecule has 0 heterocycles. The molecule has 0 spiro atoms. The summed E-state index contributed by atoms with van der Waals surface area (Å²) in [6, 6.07) is 14.3. The number of methoxy groups -OCH3 is 1. The smallest absolute Gasteiger partial charge is 0.259 e. The summed E-state index contributed by atoms with van der Waals surface area (Å²) < 4.78 is 16.0. The molecule has 2 aromatic carbocycles.